The van der Waals surface area contributed by atoms with E-state index >= 15 is 0 Å². The van der Waals surface area contributed by atoms with Crippen molar-refractivity contribution in [1.29, 1.82) is 0 Å². The van der Waals surface area contributed by atoms with Crippen molar-refractivity contribution >= 4 is 15.9 Å². The lowest BCUT2D eigenvalue weighted by atomic mass is 10.1. The van der Waals surface area contributed by atoms with Gasteiger partial charge in [-0.15, -0.1) is 0 Å². The van der Waals surface area contributed by atoms with Gasteiger partial charge in [0.15, 0.2) is 0 Å². The van der Waals surface area contributed by atoms with Crippen LogP contribution < -0.4 is 10.5 Å². The Kier molecular flexibility index (Phi) is 4.21. The van der Waals surface area contributed by atoms with Crippen LogP contribution in [0.25, 0.3) is 0 Å². The third-order valence-electron chi connectivity index (χ3n) is 2.74. The van der Waals surface area contributed by atoms with Crippen molar-refractivity contribution in [3.05, 3.63) is 28.2 Å². The van der Waals surface area contributed by atoms with Gasteiger partial charge in [-0.25, -0.2) is 0 Å². The molecule has 1 saturated heterocycles. The molecule has 0 aromatic heterocycles. The molecule has 3 nitrogen and oxygen atoms in total. The average molecular weight is 286 g/mol. The van der Waals surface area contributed by atoms with Gasteiger partial charge in [0.25, 0.3) is 0 Å². The molecule has 0 spiro atoms. The monoisotopic (exact) mass is 285 g/mol. The van der Waals surface area contributed by atoms with Crippen LogP contribution in [0.2, 0.25) is 0 Å². The number of benzene rings is 1. The van der Waals surface area contributed by atoms with E-state index in [0.717, 1.165) is 41.8 Å². The van der Waals surface area contributed by atoms with Gasteiger partial charge in [0, 0.05) is 29.4 Å². The molecule has 0 radical (unpaired) electrons. The molecule has 0 bridgehead atoms. The minimum atomic E-state index is 0.258. The van der Waals surface area contributed by atoms with E-state index in [4.69, 9.17) is 15.2 Å². The van der Waals surface area contributed by atoms with Gasteiger partial charge in [0.05, 0.1) is 13.2 Å². The van der Waals surface area contributed by atoms with Gasteiger partial charge in [-0.2, -0.15) is 0 Å². The molecule has 0 aliphatic carbocycles. The predicted molar refractivity (Wildman–Crippen MR) is 66.5 cm³/mol. The Hall–Kier alpha value is -0.580. The Labute approximate surface area is 104 Å². The Morgan fingerprint density at radius 1 is 1.38 bits per heavy atom. The summed E-state index contributed by atoms with van der Waals surface area (Å²) in [6.45, 7) is 2.06. The van der Waals surface area contributed by atoms with Gasteiger partial charge in [-0.1, -0.05) is 22.0 Å². The SMILES string of the molecule is NCc1c(Br)cccc1OC1CCOCC1. The molecule has 0 unspecified atom stereocenters. The van der Waals surface area contributed by atoms with Crippen molar-refractivity contribution in [2.24, 2.45) is 5.73 Å². The fourth-order valence-electron chi connectivity index (χ4n) is 1.82. The normalized spacial score (nSPS) is 17.4. The van der Waals surface area contributed by atoms with Crippen LogP contribution in [0.4, 0.5) is 0 Å². The maximum absolute atomic E-state index is 5.97. The first kappa shape index (κ1) is 11.9. The summed E-state index contributed by atoms with van der Waals surface area (Å²) >= 11 is 3.49. The molecule has 1 fully saturated rings. The van der Waals surface area contributed by atoms with Crippen molar-refractivity contribution < 1.29 is 9.47 Å². The minimum absolute atomic E-state index is 0.258. The first-order valence-corrected chi connectivity index (χ1v) is 6.32. The van der Waals surface area contributed by atoms with Crippen LogP contribution in [0.3, 0.4) is 0 Å². The smallest absolute Gasteiger partial charge is 0.125 e. The molecular weight excluding hydrogens is 270 g/mol. The zero-order chi connectivity index (χ0) is 11.4. The van der Waals surface area contributed by atoms with Crippen molar-refractivity contribution in [3.63, 3.8) is 0 Å². The fraction of sp³-hybridized carbons (Fsp3) is 0.500. The second-order valence-corrected chi connectivity index (χ2v) is 4.70. The molecule has 16 heavy (non-hydrogen) atoms. The van der Waals surface area contributed by atoms with E-state index in [0.29, 0.717) is 6.54 Å². The summed E-state index contributed by atoms with van der Waals surface area (Å²) in [5, 5.41) is 0. The summed E-state index contributed by atoms with van der Waals surface area (Å²) < 4.78 is 12.3. The van der Waals surface area contributed by atoms with Crippen LogP contribution in [-0.2, 0) is 11.3 Å². The molecule has 0 saturated carbocycles. The van der Waals surface area contributed by atoms with Gasteiger partial charge in [-0.3, -0.25) is 0 Å². The van der Waals surface area contributed by atoms with Crippen molar-refractivity contribution in [2.75, 3.05) is 13.2 Å². The van der Waals surface area contributed by atoms with Gasteiger partial charge < -0.3 is 15.2 Å². The predicted octanol–water partition coefficient (Wildman–Crippen LogP) is 2.47. The second-order valence-electron chi connectivity index (χ2n) is 3.85. The van der Waals surface area contributed by atoms with E-state index in [9.17, 15) is 0 Å². The Bertz CT molecular complexity index is 351. The topological polar surface area (TPSA) is 44.5 Å². The lowest BCUT2D eigenvalue weighted by Gasteiger charge is -2.24. The lowest BCUT2D eigenvalue weighted by Crippen LogP contribution is -2.26. The molecular formula is C12H16BrNO2. The Morgan fingerprint density at radius 3 is 2.81 bits per heavy atom. The molecule has 0 atom stereocenters. The molecule has 1 aromatic carbocycles. The van der Waals surface area contributed by atoms with Crippen molar-refractivity contribution in [3.8, 4) is 5.75 Å². The van der Waals surface area contributed by atoms with Crippen LogP contribution in [0.1, 0.15) is 18.4 Å². The second kappa shape index (κ2) is 5.66. The molecule has 1 aromatic rings. The van der Waals surface area contributed by atoms with Crippen LogP contribution in [0.5, 0.6) is 5.75 Å². The number of nitrogens with two attached hydrogens (primary N) is 1. The van der Waals surface area contributed by atoms with Crippen molar-refractivity contribution in [1.82, 2.24) is 0 Å². The van der Waals surface area contributed by atoms with E-state index in [1.165, 1.54) is 0 Å². The Morgan fingerprint density at radius 2 is 2.12 bits per heavy atom. The molecule has 1 aliphatic rings. The van der Waals surface area contributed by atoms with Crippen LogP contribution >= 0.6 is 15.9 Å². The standard InChI is InChI=1S/C12H16BrNO2/c13-11-2-1-3-12(10(11)8-14)16-9-4-6-15-7-5-9/h1-3,9H,4-8,14H2. The zero-order valence-electron chi connectivity index (χ0n) is 9.12. The van der Waals surface area contributed by atoms with E-state index in [2.05, 4.69) is 15.9 Å². The van der Waals surface area contributed by atoms with Crippen LogP contribution in [0, 0.1) is 0 Å². The third kappa shape index (κ3) is 2.75. The van der Waals surface area contributed by atoms with Gasteiger partial charge >= 0.3 is 0 Å². The molecule has 1 heterocycles. The highest BCUT2D eigenvalue weighted by Crippen LogP contribution is 2.28. The fourth-order valence-corrected chi connectivity index (χ4v) is 2.33. The zero-order valence-corrected chi connectivity index (χ0v) is 10.7. The highest BCUT2D eigenvalue weighted by Gasteiger charge is 2.17. The van der Waals surface area contributed by atoms with Crippen LogP contribution in [0.15, 0.2) is 22.7 Å². The summed E-state index contributed by atoms with van der Waals surface area (Å²) in [5.41, 5.74) is 6.76. The van der Waals surface area contributed by atoms with Gasteiger partial charge in [0.1, 0.15) is 11.9 Å². The van der Waals surface area contributed by atoms with Gasteiger partial charge in [-0.05, 0) is 12.1 Å². The molecule has 4 heteroatoms. The Balaban J connectivity index is 2.10. The number of hydrogen-bond donors (Lipinski definition) is 1. The van der Waals surface area contributed by atoms with Crippen LogP contribution in [-0.4, -0.2) is 19.3 Å². The van der Waals surface area contributed by atoms with E-state index in [1.807, 2.05) is 18.2 Å². The molecule has 88 valence electrons. The summed E-state index contributed by atoms with van der Waals surface area (Å²) in [5.74, 6) is 0.892. The molecule has 2 N–H and O–H groups in total. The summed E-state index contributed by atoms with van der Waals surface area (Å²) in [6.07, 6.45) is 2.17. The number of rotatable bonds is 3. The maximum Gasteiger partial charge on any atom is 0.125 e. The highest BCUT2D eigenvalue weighted by molar-refractivity contribution is 9.10. The largest absolute Gasteiger partial charge is 0.490 e. The summed E-state index contributed by atoms with van der Waals surface area (Å²) in [7, 11) is 0. The number of hydrogen-bond acceptors (Lipinski definition) is 3. The summed E-state index contributed by atoms with van der Waals surface area (Å²) in [6, 6.07) is 5.93. The average Bonchev–Trinajstić information content (AvgIpc) is 2.31. The number of halogens is 1. The molecule has 0 amide bonds. The third-order valence-corrected chi connectivity index (χ3v) is 3.48. The highest BCUT2D eigenvalue weighted by atomic mass is 79.9. The first-order valence-electron chi connectivity index (χ1n) is 5.53. The van der Waals surface area contributed by atoms with E-state index < -0.39 is 0 Å². The van der Waals surface area contributed by atoms with E-state index in [1.54, 1.807) is 0 Å². The lowest BCUT2D eigenvalue weighted by molar-refractivity contribution is 0.0252. The number of ether oxygens (including phenoxy) is 2. The minimum Gasteiger partial charge on any atom is -0.490 e. The quantitative estimate of drug-likeness (QED) is 0.928. The summed E-state index contributed by atoms with van der Waals surface area (Å²) in [4.78, 5) is 0. The first-order chi connectivity index (χ1) is 7.81. The van der Waals surface area contributed by atoms with Gasteiger partial charge in [0.2, 0.25) is 0 Å². The van der Waals surface area contributed by atoms with E-state index in [-0.39, 0.29) is 6.10 Å². The van der Waals surface area contributed by atoms with Crippen molar-refractivity contribution in [2.45, 2.75) is 25.5 Å². The molecule has 1 aliphatic heterocycles. The molecule has 2 rings (SSSR count). The maximum atomic E-state index is 5.97.